The van der Waals surface area contributed by atoms with Gasteiger partial charge in [0.1, 0.15) is 0 Å². The van der Waals surface area contributed by atoms with Crippen molar-refractivity contribution in [2.24, 2.45) is 5.92 Å². The number of carbonyl (C=O) groups excluding carboxylic acids is 2. The van der Waals surface area contributed by atoms with E-state index >= 15 is 0 Å². The van der Waals surface area contributed by atoms with E-state index in [-0.39, 0.29) is 43.8 Å². The quantitative estimate of drug-likeness (QED) is 0.297. The van der Waals surface area contributed by atoms with Crippen molar-refractivity contribution in [3.8, 4) is 0 Å². The molecule has 0 aliphatic heterocycles. The monoisotopic (exact) mass is 436 g/mol. The minimum atomic E-state index is -1.11. The van der Waals surface area contributed by atoms with Gasteiger partial charge in [-0.05, 0) is 36.8 Å². The van der Waals surface area contributed by atoms with Gasteiger partial charge in [-0.15, -0.1) is 0 Å². The maximum atomic E-state index is 13.0. The van der Waals surface area contributed by atoms with Crippen LogP contribution in [-0.2, 0) is 4.57 Å². The lowest BCUT2D eigenvalue weighted by molar-refractivity contribution is 0.0805. The predicted octanol–water partition coefficient (Wildman–Crippen LogP) is 6.13. The molecule has 25 heavy (non-hydrogen) atoms. The van der Waals surface area contributed by atoms with Gasteiger partial charge in [-0.1, -0.05) is 58.5 Å². The maximum absolute atomic E-state index is 13.0. The third kappa shape index (κ3) is 4.67. The number of Topliss-reactive ketones (excluding diaryl/α,β-unsaturated/α-hetero) is 2. The molecule has 0 saturated carbocycles. The Bertz CT molecular complexity index is 735. The Morgan fingerprint density at radius 3 is 1.48 bits per heavy atom. The van der Waals surface area contributed by atoms with Gasteiger partial charge in [0.15, 0.2) is 11.6 Å². The molecule has 2 rings (SSSR count). The van der Waals surface area contributed by atoms with Crippen LogP contribution in [0.15, 0.2) is 36.4 Å². The normalized spacial score (nSPS) is 11.4. The summed E-state index contributed by atoms with van der Waals surface area (Å²) in [6.07, 6.45) is 0.325. The van der Waals surface area contributed by atoms with Crippen molar-refractivity contribution in [1.29, 1.82) is 0 Å². The molecule has 0 saturated heterocycles. The van der Waals surface area contributed by atoms with E-state index < -0.39 is 25.9 Å². The number of carbonyl (C=O) groups is 2. The van der Waals surface area contributed by atoms with Gasteiger partial charge >= 0.3 is 0 Å². The van der Waals surface area contributed by atoms with E-state index in [0.717, 1.165) is 0 Å². The van der Waals surface area contributed by atoms with E-state index in [2.05, 4.69) is 0 Å². The fourth-order valence-corrected chi connectivity index (χ4v) is 4.07. The van der Waals surface area contributed by atoms with E-state index in [4.69, 9.17) is 46.4 Å². The molecule has 8 heteroatoms. The van der Waals surface area contributed by atoms with Crippen molar-refractivity contribution >= 4 is 66.4 Å². The Kier molecular flexibility index (Phi) is 7.54. The summed E-state index contributed by atoms with van der Waals surface area (Å²) < 4.78 is 11.0. The average Bonchev–Trinajstić information content (AvgIpc) is 2.55. The SMILES string of the molecule is O=[PH2]CCC(C(=O)c1c(Cl)cccc1Cl)C(=O)c1c(Cl)cccc1Cl. The van der Waals surface area contributed by atoms with Crippen LogP contribution >= 0.6 is 54.9 Å². The van der Waals surface area contributed by atoms with E-state index in [0.29, 0.717) is 0 Å². The van der Waals surface area contributed by atoms with Crippen molar-refractivity contribution in [2.45, 2.75) is 6.42 Å². The Hall–Kier alpha value is -0.830. The Morgan fingerprint density at radius 2 is 1.16 bits per heavy atom. The first kappa shape index (κ1) is 20.5. The molecule has 0 heterocycles. The second kappa shape index (κ2) is 9.21. The van der Waals surface area contributed by atoms with Crippen LogP contribution < -0.4 is 0 Å². The second-order valence-corrected chi connectivity index (χ2v) is 7.76. The van der Waals surface area contributed by atoms with Crippen molar-refractivity contribution in [1.82, 2.24) is 0 Å². The first-order valence-electron chi connectivity index (χ1n) is 7.28. The molecule has 0 N–H and O–H groups in total. The van der Waals surface area contributed by atoms with Gasteiger partial charge in [0.05, 0.1) is 45.6 Å². The number of rotatable bonds is 7. The predicted molar refractivity (Wildman–Crippen MR) is 105 cm³/mol. The van der Waals surface area contributed by atoms with Crippen LogP contribution in [0.25, 0.3) is 0 Å². The standard InChI is InChI=1S/C17H13Cl4O3P/c18-10-3-1-4-11(19)14(10)16(22)9(7-8-25-24)17(23)15-12(20)5-2-6-13(15)21/h1-6,9H,7-8,25H2. The number of benzene rings is 2. The largest absolute Gasteiger partial charge is 0.330 e. The zero-order chi connectivity index (χ0) is 18.6. The van der Waals surface area contributed by atoms with Crippen molar-refractivity contribution < 1.29 is 14.2 Å². The van der Waals surface area contributed by atoms with Gasteiger partial charge in [-0.25, -0.2) is 0 Å². The van der Waals surface area contributed by atoms with Crippen LogP contribution in [0.3, 0.4) is 0 Å². The highest BCUT2D eigenvalue weighted by molar-refractivity contribution is 7.23. The summed E-state index contributed by atoms with van der Waals surface area (Å²) in [6.45, 7) is 0. The molecule has 132 valence electrons. The molecule has 1 unspecified atom stereocenters. The molecule has 0 bridgehead atoms. The lowest BCUT2D eigenvalue weighted by Gasteiger charge is -2.17. The topological polar surface area (TPSA) is 51.2 Å². The molecule has 2 aromatic rings. The van der Waals surface area contributed by atoms with Gasteiger partial charge in [0.25, 0.3) is 0 Å². The zero-order valence-corrected chi connectivity index (χ0v) is 16.9. The smallest absolute Gasteiger partial charge is 0.176 e. The zero-order valence-electron chi connectivity index (χ0n) is 12.8. The van der Waals surface area contributed by atoms with Gasteiger partial charge in [0.2, 0.25) is 0 Å². The summed E-state index contributed by atoms with van der Waals surface area (Å²) in [5, 5.41) is 0.593. The molecule has 0 amide bonds. The first-order valence-corrected chi connectivity index (χ1v) is 10.1. The minimum Gasteiger partial charge on any atom is -0.330 e. The van der Waals surface area contributed by atoms with Gasteiger partial charge in [0, 0.05) is 0 Å². The van der Waals surface area contributed by atoms with Crippen LogP contribution in [0.2, 0.25) is 20.1 Å². The van der Waals surface area contributed by atoms with Crippen LogP contribution in [-0.4, -0.2) is 17.7 Å². The molecular weight excluding hydrogens is 425 g/mol. The Balaban J connectivity index is 2.51. The fourth-order valence-electron chi connectivity index (χ4n) is 2.43. The average molecular weight is 438 g/mol. The molecule has 0 aliphatic carbocycles. The summed E-state index contributed by atoms with van der Waals surface area (Å²) in [6, 6.07) is 9.27. The fraction of sp³-hybridized carbons (Fsp3) is 0.176. The van der Waals surface area contributed by atoms with Crippen LogP contribution in [0.5, 0.6) is 0 Å². The van der Waals surface area contributed by atoms with Crippen LogP contribution in [0.4, 0.5) is 0 Å². The molecule has 2 aromatic carbocycles. The Morgan fingerprint density at radius 1 is 0.800 bits per heavy atom. The lowest BCUT2D eigenvalue weighted by atomic mass is 9.88. The molecule has 0 spiro atoms. The highest BCUT2D eigenvalue weighted by atomic mass is 35.5. The molecule has 1 atom stereocenters. The van der Waals surface area contributed by atoms with E-state index in [1.54, 1.807) is 12.1 Å². The highest BCUT2D eigenvalue weighted by Crippen LogP contribution is 2.33. The first-order chi connectivity index (χ1) is 11.9. The number of hydrogen-bond acceptors (Lipinski definition) is 3. The molecule has 0 fully saturated rings. The van der Waals surface area contributed by atoms with Crippen LogP contribution in [0.1, 0.15) is 27.1 Å². The molecule has 0 radical (unpaired) electrons. The van der Waals surface area contributed by atoms with E-state index in [1.165, 1.54) is 24.3 Å². The number of hydrogen-bond donors (Lipinski definition) is 0. The second-order valence-electron chi connectivity index (χ2n) is 5.22. The van der Waals surface area contributed by atoms with Crippen molar-refractivity contribution in [2.75, 3.05) is 6.16 Å². The molecule has 0 aliphatic rings. The summed E-state index contributed by atoms with van der Waals surface area (Å²) >= 11 is 24.4. The van der Waals surface area contributed by atoms with E-state index in [9.17, 15) is 14.2 Å². The van der Waals surface area contributed by atoms with Gasteiger partial charge in [-0.3, -0.25) is 9.59 Å². The molecule has 3 nitrogen and oxygen atoms in total. The summed E-state index contributed by atoms with van der Waals surface area (Å²) in [5.74, 6) is -2.19. The van der Waals surface area contributed by atoms with Gasteiger partial charge in [-0.2, -0.15) is 0 Å². The third-order valence-corrected chi connectivity index (χ3v) is 5.45. The lowest BCUT2D eigenvalue weighted by Crippen LogP contribution is -2.26. The summed E-state index contributed by atoms with van der Waals surface area (Å²) in [4.78, 5) is 25.9. The van der Waals surface area contributed by atoms with Crippen molar-refractivity contribution in [3.63, 3.8) is 0 Å². The van der Waals surface area contributed by atoms with Crippen molar-refractivity contribution in [3.05, 3.63) is 67.6 Å². The Labute approximate surface area is 166 Å². The number of halogens is 4. The minimum absolute atomic E-state index is 0.0632. The molecular formula is C17H13Cl4O3P. The van der Waals surface area contributed by atoms with Crippen LogP contribution in [0, 0.1) is 5.92 Å². The summed E-state index contributed by atoms with van der Waals surface area (Å²) in [5.41, 5.74) is 0.126. The highest BCUT2D eigenvalue weighted by Gasteiger charge is 2.32. The van der Waals surface area contributed by atoms with E-state index in [1.807, 2.05) is 0 Å². The van der Waals surface area contributed by atoms with Gasteiger partial charge < -0.3 is 4.57 Å². The summed E-state index contributed by atoms with van der Waals surface area (Å²) in [7, 11) is -1.11. The third-order valence-electron chi connectivity index (χ3n) is 3.62. The number of ketones is 2. The molecule has 0 aromatic heterocycles. The maximum Gasteiger partial charge on any atom is 0.176 e.